The normalized spacial score (nSPS) is 23.8. The predicted octanol–water partition coefficient (Wildman–Crippen LogP) is 2.86. The number of ether oxygens (including phenoxy) is 1. The van der Waals surface area contributed by atoms with Gasteiger partial charge in [0.15, 0.2) is 9.84 Å². The van der Waals surface area contributed by atoms with Crippen molar-refractivity contribution in [3.63, 3.8) is 0 Å². The Kier molecular flexibility index (Phi) is 6.31. The molecular formula is C26H31N3O5S. The maximum Gasteiger partial charge on any atom is 0.256 e. The number of fused-ring (bicyclic) bond motifs is 1. The van der Waals surface area contributed by atoms with Crippen LogP contribution in [0.25, 0.3) is 11.1 Å². The first-order valence-electron chi connectivity index (χ1n) is 12.2. The fourth-order valence-corrected chi connectivity index (χ4v) is 6.48. The van der Waals surface area contributed by atoms with Crippen molar-refractivity contribution in [2.45, 2.75) is 38.8 Å². The summed E-state index contributed by atoms with van der Waals surface area (Å²) < 4.78 is 29.2. The van der Waals surface area contributed by atoms with Gasteiger partial charge >= 0.3 is 0 Å². The number of amides is 2. The zero-order valence-electron chi connectivity index (χ0n) is 20.1. The number of anilines is 3. The number of sulfone groups is 1. The van der Waals surface area contributed by atoms with Crippen molar-refractivity contribution in [3.05, 3.63) is 42.5 Å². The molecule has 5 rings (SSSR count). The molecule has 0 bridgehead atoms. The minimum Gasteiger partial charge on any atom is -0.369 e. The number of hydrogen-bond donors (Lipinski definition) is 0. The minimum atomic E-state index is -2.93. The number of carbonyl (C=O) groups excluding carboxylic acids is 2. The third-order valence-electron chi connectivity index (χ3n) is 7.13. The highest BCUT2D eigenvalue weighted by Gasteiger charge is 2.37. The standard InChI is InChI=1S/C26H31N3O5S/c1-18-17-28(26(31)25-4-3-13-34-25)24-16-21(7-10-23(24)29(18)19(2)30)20-5-8-22(9-6-20)27-11-14-35(32,33)15-12-27/h5-10,16,18,25H,3-4,11-15,17H2,1-2H3/t18-,25?/m0/s1. The lowest BCUT2D eigenvalue weighted by molar-refractivity contribution is -0.127. The summed E-state index contributed by atoms with van der Waals surface area (Å²) in [6.07, 6.45) is 1.16. The number of rotatable bonds is 3. The summed E-state index contributed by atoms with van der Waals surface area (Å²) in [6, 6.07) is 13.8. The van der Waals surface area contributed by atoms with Crippen molar-refractivity contribution in [2.24, 2.45) is 0 Å². The van der Waals surface area contributed by atoms with Crippen LogP contribution in [0.5, 0.6) is 0 Å². The highest BCUT2D eigenvalue weighted by Crippen LogP contribution is 2.40. The minimum absolute atomic E-state index is 0.0497. The molecule has 0 N–H and O–H groups in total. The Labute approximate surface area is 206 Å². The zero-order valence-corrected chi connectivity index (χ0v) is 21.0. The van der Waals surface area contributed by atoms with Gasteiger partial charge in [-0.1, -0.05) is 18.2 Å². The average molecular weight is 498 g/mol. The molecule has 1 unspecified atom stereocenters. The summed E-state index contributed by atoms with van der Waals surface area (Å²) in [5.74, 6) is 0.258. The van der Waals surface area contributed by atoms with Crippen LogP contribution >= 0.6 is 0 Å². The second kappa shape index (κ2) is 9.28. The summed E-state index contributed by atoms with van der Waals surface area (Å²) in [5, 5.41) is 0. The second-order valence-corrected chi connectivity index (χ2v) is 11.9. The van der Waals surface area contributed by atoms with Crippen LogP contribution in [0.2, 0.25) is 0 Å². The van der Waals surface area contributed by atoms with Gasteiger partial charge in [-0.2, -0.15) is 0 Å². The van der Waals surface area contributed by atoms with Gasteiger partial charge in [-0.25, -0.2) is 8.42 Å². The first-order chi connectivity index (χ1) is 16.7. The first kappa shape index (κ1) is 23.8. The Balaban J connectivity index is 1.46. The lowest BCUT2D eigenvalue weighted by atomic mass is 9.99. The van der Waals surface area contributed by atoms with Gasteiger partial charge in [0.25, 0.3) is 5.91 Å². The van der Waals surface area contributed by atoms with Crippen molar-refractivity contribution in [1.29, 1.82) is 0 Å². The van der Waals surface area contributed by atoms with E-state index in [9.17, 15) is 18.0 Å². The molecule has 0 spiro atoms. The monoisotopic (exact) mass is 497 g/mol. The Morgan fingerprint density at radius 2 is 1.66 bits per heavy atom. The molecule has 2 fully saturated rings. The summed E-state index contributed by atoms with van der Waals surface area (Å²) in [6.45, 7) is 5.53. The quantitative estimate of drug-likeness (QED) is 0.648. The molecular weight excluding hydrogens is 466 g/mol. The van der Waals surface area contributed by atoms with E-state index in [0.29, 0.717) is 32.7 Å². The van der Waals surface area contributed by atoms with Gasteiger partial charge in [-0.15, -0.1) is 0 Å². The van der Waals surface area contributed by atoms with Crippen LogP contribution in [0.3, 0.4) is 0 Å². The molecule has 9 heteroatoms. The predicted molar refractivity (Wildman–Crippen MR) is 137 cm³/mol. The van der Waals surface area contributed by atoms with Crippen molar-refractivity contribution in [1.82, 2.24) is 0 Å². The Morgan fingerprint density at radius 3 is 2.29 bits per heavy atom. The molecule has 186 valence electrons. The highest BCUT2D eigenvalue weighted by atomic mass is 32.2. The van der Waals surface area contributed by atoms with Gasteiger partial charge in [0, 0.05) is 38.9 Å². The fourth-order valence-electron chi connectivity index (χ4n) is 5.27. The third-order valence-corrected chi connectivity index (χ3v) is 8.74. The third kappa shape index (κ3) is 4.67. The van der Waals surface area contributed by atoms with E-state index in [-0.39, 0.29) is 29.4 Å². The average Bonchev–Trinajstić information content (AvgIpc) is 3.38. The summed E-state index contributed by atoms with van der Waals surface area (Å²) in [7, 11) is -2.93. The number of benzene rings is 2. The van der Waals surface area contributed by atoms with E-state index in [2.05, 4.69) is 4.90 Å². The Hall–Kier alpha value is -2.91. The van der Waals surface area contributed by atoms with Crippen LogP contribution < -0.4 is 14.7 Å². The van der Waals surface area contributed by atoms with Crippen molar-refractivity contribution >= 4 is 38.7 Å². The highest BCUT2D eigenvalue weighted by molar-refractivity contribution is 7.91. The van der Waals surface area contributed by atoms with Gasteiger partial charge in [-0.05, 0) is 55.2 Å². The van der Waals surface area contributed by atoms with E-state index in [1.54, 1.807) is 16.7 Å². The van der Waals surface area contributed by atoms with Crippen LogP contribution in [0.1, 0.15) is 26.7 Å². The molecule has 3 aliphatic heterocycles. The molecule has 2 amide bonds. The van der Waals surface area contributed by atoms with Crippen LogP contribution in [0.4, 0.5) is 17.1 Å². The van der Waals surface area contributed by atoms with E-state index >= 15 is 0 Å². The molecule has 0 radical (unpaired) electrons. The molecule has 35 heavy (non-hydrogen) atoms. The van der Waals surface area contributed by atoms with E-state index in [0.717, 1.165) is 34.6 Å². The first-order valence-corrected chi connectivity index (χ1v) is 14.0. The summed E-state index contributed by atoms with van der Waals surface area (Å²) in [5.41, 5.74) is 4.38. The van der Waals surface area contributed by atoms with Crippen LogP contribution in [-0.2, 0) is 24.2 Å². The number of nitrogens with zero attached hydrogens (tertiary/aromatic N) is 3. The van der Waals surface area contributed by atoms with Crippen molar-refractivity contribution < 1.29 is 22.7 Å². The SMILES string of the molecule is CC(=O)N1c2ccc(-c3ccc(N4CCS(=O)(=O)CC4)cc3)cc2N(C(=O)C2CCCO2)C[C@@H]1C. The van der Waals surface area contributed by atoms with E-state index in [1.165, 1.54) is 0 Å². The van der Waals surface area contributed by atoms with Crippen molar-refractivity contribution in [3.8, 4) is 11.1 Å². The fraction of sp³-hybridized carbons (Fsp3) is 0.462. The second-order valence-electron chi connectivity index (χ2n) is 9.58. The van der Waals surface area contributed by atoms with E-state index in [1.807, 2.05) is 49.4 Å². The maximum absolute atomic E-state index is 13.3. The summed E-state index contributed by atoms with van der Waals surface area (Å²) in [4.78, 5) is 31.4. The Morgan fingerprint density at radius 1 is 0.971 bits per heavy atom. The molecule has 0 aromatic heterocycles. The van der Waals surface area contributed by atoms with Gasteiger partial charge < -0.3 is 19.4 Å². The summed E-state index contributed by atoms with van der Waals surface area (Å²) >= 11 is 0. The molecule has 2 atom stereocenters. The smallest absolute Gasteiger partial charge is 0.256 e. The van der Waals surface area contributed by atoms with E-state index in [4.69, 9.17) is 4.74 Å². The topological polar surface area (TPSA) is 87.2 Å². The largest absolute Gasteiger partial charge is 0.369 e. The molecule has 8 nitrogen and oxygen atoms in total. The lowest BCUT2D eigenvalue weighted by Gasteiger charge is -2.41. The molecule has 3 heterocycles. The molecule has 0 saturated carbocycles. The maximum atomic E-state index is 13.3. The zero-order chi connectivity index (χ0) is 24.7. The van der Waals surface area contributed by atoms with Gasteiger partial charge in [0.1, 0.15) is 6.10 Å². The lowest BCUT2D eigenvalue weighted by Crippen LogP contribution is -2.53. The van der Waals surface area contributed by atoms with Gasteiger partial charge in [0.2, 0.25) is 5.91 Å². The molecule has 2 aromatic carbocycles. The molecule has 2 aromatic rings. The number of carbonyl (C=O) groups is 2. The van der Waals surface area contributed by atoms with Crippen LogP contribution in [-0.4, -0.2) is 70.1 Å². The number of hydrogen-bond acceptors (Lipinski definition) is 6. The van der Waals surface area contributed by atoms with Crippen LogP contribution in [0.15, 0.2) is 42.5 Å². The van der Waals surface area contributed by atoms with Gasteiger partial charge in [0.05, 0.1) is 28.9 Å². The van der Waals surface area contributed by atoms with Crippen molar-refractivity contribution in [2.75, 3.05) is 52.4 Å². The molecule has 2 saturated heterocycles. The Bertz CT molecular complexity index is 1220. The molecule has 3 aliphatic rings. The van der Waals surface area contributed by atoms with Crippen LogP contribution in [0, 0.1) is 0 Å². The van der Waals surface area contributed by atoms with Gasteiger partial charge in [-0.3, -0.25) is 9.59 Å². The molecule has 0 aliphatic carbocycles. The van der Waals surface area contributed by atoms with E-state index < -0.39 is 15.9 Å².